The van der Waals surface area contributed by atoms with Gasteiger partial charge in [-0.25, -0.2) is 4.57 Å². The first-order valence-corrected chi connectivity index (χ1v) is 33.1. The highest BCUT2D eigenvalue weighted by Gasteiger charge is 2.30. The Balaban J connectivity index is 5.20. The zero-order chi connectivity index (χ0) is 56.4. The highest BCUT2D eigenvalue weighted by atomic mass is 31.2. The summed E-state index contributed by atoms with van der Waals surface area (Å²) in [7, 11) is 1.47. The lowest BCUT2D eigenvalue weighted by molar-refractivity contribution is -0.870. The van der Waals surface area contributed by atoms with Gasteiger partial charge in [0.2, 0.25) is 5.91 Å². The van der Waals surface area contributed by atoms with Gasteiger partial charge in [-0.1, -0.05) is 253 Å². The van der Waals surface area contributed by atoms with Crippen molar-refractivity contribution < 1.29 is 37.3 Å². The molecular weight excluding hydrogens is 976 g/mol. The van der Waals surface area contributed by atoms with Gasteiger partial charge in [0.25, 0.3) is 0 Å². The summed E-state index contributed by atoms with van der Waals surface area (Å²) in [6.07, 6.45) is 75.5. The lowest BCUT2D eigenvalue weighted by Gasteiger charge is -2.27. The second kappa shape index (κ2) is 56.2. The number of hydrogen-bond donors (Lipinski definition) is 2. The minimum Gasteiger partial charge on any atom is -0.456 e. The van der Waals surface area contributed by atoms with Gasteiger partial charge in [-0.15, -0.1) is 0 Å². The first-order chi connectivity index (χ1) is 37.4. The van der Waals surface area contributed by atoms with E-state index in [0.29, 0.717) is 17.4 Å². The van der Waals surface area contributed by atoms with Crippen LogP contribution in [0.25, 0.3) is 0 Å². The number of phosphoric acid groups is 1. The van der Waals surface area contributed by atoms with Crippen LogP contribution >= 0.6 is 7.82 Å². The van der Waals surface area contributed by atoms with Gasteiger partial charge < -0.3 is 19.4 Å². The first kappa shape index (κ1) is 73.9. The molecule has 0 aliphatic heterocycles. The largest absolute Gasteiger partial charge is 0.472 e. The number of amides is 1. The van der Waals surface area contributed by atoms with Gasteiger partial charge in [0.1, 0.15) is 19.3 Å². The predicted octanol–water partition coefficient (Wildman–Crippen LogP) is 19.6. The van der Waals surface area contributed by atoms with Gasteiger partial charge in [-0.05, 0) is 96.0 Å². The van der Waals surface area contributed by atoms with E-state index in [1.807, 2.05) is 33.3 Å². The molecule has 0 radical (unpaired) electrons. The van der Waals surface area contributed by atoms with Crippen LogP contribution in [0.2, 0.25) is 0 Å². The third-order valence-electron chi connectivity index (χ3n) is 13.6. The number of quaternary nitrogens is 1. The lowest BCUT2D eigenvalue weighted by Crippen LogP contribution is -2.47. The standard InChI is InChI=1S/C67H119N2O7P/c1-7-10-13-16-19-22-25-28-29-30-31-32-33-34-35-36-37-38-39-42-45-48-51-54-57-60-67(71)76-65(58-55-52-49-46-43-40-26-23-20-17-14-11-8-2)64(63-75-77(72,73)74-62-61-69(4,5)6)68-66(70)59-56-53-50-47-44-41-27-24-21-18-15-12-9-3/h12,15,18-19,21-22,24,27-29,31-32,34-35,55,58,64-65H,7-11,13-14,16-17,20,23,25-26,30,33,36-54,56-57,59-63H2,1-6H3,(H-,68,70,72,73)/p+1/b15-12+,21-18+,22-19-,27-24-,29-28-,32-31-,35-34-,58-55-. The van der Waals surface area contributed by atoms with Crippen LogP contribution in [0, 0.1) is 0 Å². The minimum absolute atomic E-state index is 0.0306. The quantitative estimate of drug-likeness (QED) is 0.0156. The molecule has 2 N–H and O–H groups in total. The van der Waals surface area contributed by atoms with Crippen molar-refractivity contribution in [2.75, 3.05) is 40.9 Å². The van der Waals surface area contributed by atoms with Crippen LogP contribution in [0.4, 0.5) is 0 Å². The van der Waals surface area contributed by atoms with Crippen molar-refractivity contribution in [2.24, 2.45) is 0 Å². The Morgan fingerprint density at radius 3 is 1.38 bits per heavy atom. The number of nitrogens with one attached hydrogen (secondary N) is 1. The van der Waals surface area contributed by atoms with Crippen LogP contribution < -0.4 is 5.32 Å². The number of hydrogen-bond acceptors (Lipinski definition) is 6. The summed E-state index contributed by atoms with van der Waals surface area (Å²) in [6, 6.07) is -0.866. The number of nitrogens with zero attached hydrogens (tertiary/aromatic N) is 1. The molecular formula is C67H120N2O7P+. The monoisotopic (exact) mass is 1100 g/mol. The maximum Gasteiger partial charge on any atom is 0.472 e. The molecule has 9 nitrogen and oxygen atoms in total. The zero-order valence-electron chi connectivity index (χ0n) is 50.7. The Morgan fingerprint density at radius 2 is 0.883 bits per heavy atom. The van der Waals surface area contributed by atoms with Gasteiger partial charge in [-0.2, -0.15) is 0 Å². The van der Waals surface area contributed by atoms with Gasteiger partial charge in [-0.3, -0.25) is 18.6 Å². The molecule has 444 valence electrons. The molecule has 77 heavy (non-hydrogen) atoms. The second-order valence-electron chi connectivity index (χ2n) is 22.3. The van der Waals surface area contributed by atoms with E-state index in [1.165, 1.54) is 116 Å². The number of likely N-dealkylation sites (N-methyl/N-ethyl adjacent to an activating group) is 1. The van der Waals surface area contributed by atoms with Crippen molar-refractivity contribution >= 4 is 19.7 Å². The third kappa shape index (κ3) is 57.4. The molecule has 10 heteroatoms. The highest BCUT2D eigenvalue weighted by Crippen LogP contribution is 2.43. The average Bonchev–Trinajstić information content (AvgIpc) is 3.39. The van der Waals surface area contributed by atoms with Crippen LogP contribution in [0.3, 0.4) is 0 Å². The van der Waals surface area contributed by atoms with E-state index in [4.69, 9.17) is 13.8 Å². The summed E-state index contributed by atoms with van der Waals surface area (Å²) in [5.74, 6) is -0.538. The predicted molar refractivity (Wildman–Crippen MR) is 332 cm³/mol. The van der Waals surface area contributed by atoms with Gasteiger partial charge in [0, 0.05) is 12.8 Å². The van der Waals surface area contributed by atoms with E-state index >= 15 is 0 Å². The minimum atomic E-state index is -4.46. The zero-order valence-corrected chi connectivity index (χ0v) is 51.6. The van der Waals surface area contributed by atoms with Crippen molar-refractivity contribution in [2.45, 2.75) is 277 Å². The number of ether oxygens (including phenoxy) is 1. The molecule has 0 aromatic rings. The third-order valence-corrected chi connectivity index (χ3v) is 14.6. The molecule has 0 aromatic heterocycles. The molecule has 0 fully saturated rings. The molecule has 0 spiro atoms. The second-order valence-corrected chi connectivity index (χ2v) is 23.7. The molecule has 0 heterocycles. The van der Waals surface area contributed by atoms with Crippen molar-refractivity contribution in [3.8, 4) is 0 Å². The lowest BCUT2D eigenvalue weighted by atomic mass is 10.0. The molecule has 3 unspecified atom stereocenters. The Bertz CT molecular complexity index is 1640. The normalized spacial score (nSPS) is 14.3. The summed E-state index contributed by atoms with van der Waals surface area (Å²) in [5, 5.41) is 3.04. The van der Waals surface area contributed by atoms with Crippen LogP contribution in [0.1, 0.15) is 265 Å². The fraction of sp³-hybridized carbons (Fsp3) is 0.731. The Labute approximate surface area is 475 Å². The van der Waals surface area contributed by atoms with Crippen molar-refractivity contribution in [3.63, 3.8) is 0 Å². The molecule has 0 aliphatic rings. The SMILES string of the molecule is CC/C=C/C=C/C=C\CCCCCCCC(=O)NC(COP(=O)(O)OCC[N+](C)(C)C)C(/C=C\CCCCCCCCCCCCC)OC(=O)CCCCCCCCCCC/C=C\C/C=C\C/C=C\C/C=C\CCCCC. The van der Waals surface area contributed by atoms with Crippen molar-refractivity contribution in [3.05, 3.63) is 97.2 Å². The fourth-order valence-corrected chi connectivity index (χ4v) is 9.42. The van der Waals surface area contributed by atoms with E-state index in [1.54, 1.807) is 0 Å². The van der Waals surface area contributed by atoms with E-state index in [2.05, 4.69) is 111 Å². The van der Waals surface area contributed by atoms with Crippen LogP contribution in [-0.2, 0) is 27.9 Å². The Morgan fingerprint density at radius 1 is 0.481 bits per heavy atom. The van der Waals surface area contributed by atoms with E-state index in [-0.39, 0.29) is 31.5 Å². The molecule has 0 saturated heterocycles. The summed E-state index contributed by atoms with van der Waals surface area (Å²) in [5.41, 5.74) is 0. The van der Waals surface area contributed by atoms with E-state index in [0.717, 1.165) is 116 Å². The highest BCUT2D eigenvalue weighted by molar-refractivity contribution is 7.47. The molecule has 3 atom stereocenters. The molecule has 0 rings (SSSR count). The summed E-state index contributed by atoms with van der Waals surface area (Å²) in [6.45, 7) is 6.83. The number of rotatable bonds is 56. The number of carbonyl (C=O) groups excluding carboxylic acids is 2. The Hall–Kier alpha value is -3.07. The smallest absolute Gasteiger partial charge is 0.456 e. The number of esters is 1. The first-order valence-electron chi connectivity index (χ1n) is 31.6. The molecule has 0 bridgehead atoms. The summed E-state index contributed by atoms with van der Waals surface area (Å²) in [4.78, 5) is 37.7. The summed E-state index contributed by atoms with van der Waals surface area (Å²) >= 11 is 0. The van der Waals surface area contributed by atoms with Crippen molar-refractivity contribution in [1.29, 1.82) is 0 Å². The van der Waals surface area contributed by atoms with E-state index < -0.39 is 20.0 Å². The topological polar surface area (TPSA) is 111 Å². The van der Waals surface area contributed by atoms with Crippen molar-refractivity contribution in [1.82, 2.24) is 5.32 Å². The molecule has 0 aliphatic carbocycles. The molecule has 0 aromatic carbocycles. The average molecular weight is 1100 g/mol. The maximum atomic E-state index is 13.5. The van der Waals surface area contributed by atoms with Crippen LogP contribution in [-0.4, -0.2) is 74.3 Å². The number of carbonyl (C=O) groups is 2. The van der Waals surface area contributed by atoms with Gasteiger partial charge in [0.05, 0.1) is 33.8 Å². The van der Waals surface area contributed by atoms with Crippen LogP contribution in [0.5, 0.6) is 0 Å². The van der Waals surface area contributed by atoms with E-state index in [9.17, 15) is 19.0 Å². The molecule has 1 amide bonds. The summed E-state index contributed by atoms with van der Waals surface area (Å²) < 4.78 is 30.7. The van der Waals surface area contributed by atoms with Gasteiger partial charge >= 0.3 is 13.8 Å². The number of phosphoric ester groups is 1. The Kier molecular flexibility index (Phi) is 54.0. The maximum absolute atomic E-state index is 13.5. The number of allylic oxidation sites excluding steroid dienone is 15. The van der Waals surface area contributed by atoms with Crippen LogP contribution in [0.15, 0.2) is 97.2 Å². The van der Waals surface area contributed by atoms with Gasteiger partial charge in [0.15, 0.2) is 0 Å². The number of unbranched alkanes of at least 4 members (excludes halogenated alkanes) is 28. The molecule has 0 saturated carbocycles. The fourth-order valence-electron chi connectivity index (χ4n) is 8.69.